The largest absolute Gasteiger partial charge is 0.477 e. The van der Waals surface area contributed by atoms with Gasteiger partial charge in [-0.2, -0.15) is 4.31 Å². The third-order valence-corrected chi connectivity index (χ3v) is 4.37. The minimum absolute atomic E-state index is 0.216. The second kappa shape index (κ2) is 7.20. The Kier molecular flexibility index (Phi) is 5.88. The fourth-order valence-corrected chi connectivity index (χ4v) is 2.58. The molecule has 1 aromatic rings. The molecule has 0 aromatic carbocycles. The van der Waals surface area contributed by atoms with E-state index in [-0.39, 0.29) is 23.7 Å². The number of H-pyrrole nitrogens is 1. The molecule has 1 aromatic heterocycles. The van der Waals surface area contributed by atoms with Gasteiger partial charge in [-0.3, -0.25) is 4.79 Å². The van der Waals surface area contributed by atoms with Gasteiger partial charge in [-0.25, -0.2) is 13.2 Å². The van der Waals surface area contributed by atoms with E-state index >= 15 is 0 Å². The second-order valence-electron chi connectivity index (χ2n) is 4.16. The highest BCUT2D eigenvalue weighted by Crippen LogP contribution is 2.15. The van der Waals surface area contributed by atoms with Crippen LogP contribution in [0, 0.1) is 0 Å². The zero-order chi connectivity index (χ0) is 16.0. The molecule has 10 heteroatoms. The van der Waals surface area contributed by atoms with E-state index in [1.807, 2.05) is 0 Å². The van der Waals surface area contributed by atoms with E-state index in [4.69, 9.17) is 9.84 Å². The Hall–Kier alpha value is -1.91. The summed E-state index contributed by atoms with van der Waals surface area (Å²) in [5.41, 5.74) is -0.244. The summed E-state index contributed by atoms with van der Waals surface area (Å²) in [5, 5.41) is 11.2. The number of aromatic amines is 1. The van der Waals surface area contributed by atoms with Crippen molar-refractivity contribution in [3.63, 3.8) is 0 Å². The first-order chi connectivity index (χ1) is 9.78. The second-order valence-corrected chi connectivity index (χ2v) is 6.20. The van der Waals surface area contributed by atoms with Crippen LogP contribution in [0.3, 0.4) is 0 Å². The number of aromatic carboxylic acids is 1. The van der Waals surface area contributed by atoms with Crippen LogP contribution in [0.5, 0.6) is 0 Å². The molecule has 0 radical (unpaired) electrons. The fraction of sp³-hybridized carbons (Fsp3) is 0.455. The Morgan fingerprint density at radius 2 is 2.14 bits per heavy atom. The van der Waals surface area contributed by atoms with Crippen LogP contribution in [-0.2, 0) is 19.6 Å². The summed E-state index contributed by atoms with van der Waals surface area (Å²) < 4.78 is 29.9. The third kappa shape index (κ3) is 4.55. The molecule has 1 rings (SSSR count). The summed E-state index contributed by atoms with van der Waals surface area (Å²) in [6.07, 6.45) is 1.07. The molecule has 21 heavy (non-hydrogen) atoms. The summed E-state index contributed by atoms with van der Waals surface area (Å²) in [4.78, 5) is 24.4. The Morgan fingerprint density at radius 1 is 1.48 bits per heavy atom. The summed E-state index contributed by atoms with van der Waals surface area (Å²) in [6.45, 7) is 0.220. The van der Waals surface area contributed by atoms with E-state index in [1.165, 1.54) is 14.2 Å². The Morgan fingerprint density at radius 3 is 2.67 bits per heavy atom. The first-order valence-electron chi connectivity index (χ1n) is 5.92. The lowest BCUT2D eigenvalue weighted by Gasteiger charge is -2.15. The molecule has 0 aliphatic carbocycles. The molecular formula is C11H17N3O6S. The summed E-state index contributed by atoms with van der Waals surface area (Å²) in [5.74, 6) is -1.75. The van der Waals surface area contributed by atoms with Crippen LogP contribution >= 0.6 is 0 Å². The number of rotatable bonds is 8. The average Bonchev–Trinajstić information content (AvgIpc) is 2.89. The molecule has 0 unspecified atom stereocenters. The normalized spacial score (nSPS) is 11.6. The van der Waals surface area contributed by atoms with Gasteiger partial charge in [-0.15, -0.1) is 0 Å². The topological polar surface area (TPSA) is 129 Å². The van der Waals surface area contributed by atoms with Gasteiger partial charge in [0.2, 0.25) is 15.9 Å². The number of aromatic nitrogens is 1. The van der Waals surface area contributed by atoms with Crippen LogP contribution in [0.1, 0.15) is 10.5 Å². The number of carbonyl (C=O) groups excluding carboxylic acids is 1. The van der Waals surface area contributed by atoms with Crippen LogP contribution in [0.4, 0.5) is 0 Å². The van der Waals surface area contributed by atoms with Crippen molar-refractivity contribution in [2.75, 3.05) is 33.9 Å². The Balaban J connectivity index is 2.72. The molecule has 1 amide bonds. The monoisotopic (exact) mass is 319 g/mol. The average molecular weight is 319 g/mol. The molecule has 1 heterocycles. The lowest BCUT2D eigenvalue weighted by Crippen LogP contribution is -2.39. The predicted molar refractivity (Wildman–Crippen MR) is 72.5 cm³/mol. The number of carbonyl (C=O) groups is 2. The maximum atomic E-state index is 12.1. The minimum Gasteiger partial charge on any atom is -0.477 e. The van der Waals surface area contributed by atoms with Crippen LogP contribution in [0.15, 0.2) is 17.2 Å². The van der Waals surface area contributed by atoms with E-state index in [0.717, 1.165) is 16.6 Å². The molecule has 0 aliphatic rings. The highest BCUT2D eigenvalue weighted by atomic mass is 32.2. The number of sulfonamides is 1. The van der Waals surface area contributed by atoms with Crippen LogP contribution in [-0.4, -0.2) is 68.5 Å². The van der Waals surface area contributed by atoms with Gasteiger partial charge in [0, 0.05) is 26.9 Å². The minimum atomic E-state index is -3.93. The highest BCUT2D eigenvalue weighted by Gasteiger charge is 2.25. The Bertz CT molecular complexity index is 609. The summed E-state index contributed by atoms with van der Waals surface area (Å²) in [7, 11) is -1.22. The van der Waals surface area contributed by atoms with Crippen LogP contribution in [0.25, 0.3) is 0 Å². The fourth-order valence-electron chi connectivity index (χ4n) is 1.46. The Labute approximate surface area is 121 Å². The van der Waals surface area contributed by atoms with Crippen molar-refractivity contribution >= 4 is 21.9 Å². The molecule has 9 nitrogen and oxygen atoms in total. The molecule has 0 spiro atoms. The molecule has 0 saturated heterocycles. The number of likely N-dealkylation sites (N-methyl/N-ethyl adjacent to an activating group) is 1. The van der Waals surface area contributed by atoms with Crippen LogP contribution < -0.4 is 5.32 Å². The SMILES string of the molecule is COCCNC(=O)CN(C)S(=O)(=O)c1c[nH]c(C(=O)O)c1. The van der Waals surface area contributed by atoms with Crippen molar-refractivity contribution in [2.24, 2.45) is 0 Å². The number of carboxylic acid groups (broad SMARTS) is 1. The van der Waals surface area contributed by atoms with Gasteiger partial charge in [0.15, 0.2) is 0 Å². The zero-order valence-corrected chi connectivity index (χ0v) is 12.4. The van der Waals surface area contributed by atoms with Gasteiger partial charge >= 0.3 is 5.97 Å². The molecule has 0 bridgehead atoms. The van der Waals surface area contributed by atoms with Crippen molar-refractivity contribution in [3.8, 4) is 0 Å². The molecule has 0 atom stereocenters. The van der Waals surface area contributed by atoms with E-state index < -0.39 is 21.9 Å². The first-order valence-corrected chi connectivity index (χ1v) is 7.36. The van der Waals surface area contributed by atoms with Gasteiger partial charge in [-0.1, -0.05) is 0 Å². The lowest BCUT2D eigenvalue weighted by atomic mass is 10.4. The van der Waals surface area contributed by atoms with Crippen molar-refractivity contribution in [2.45, 2.75) is 4.90 Å². The van der Waals surface area contributed by atoms with E-state index in [0.29, 0.717) is 6.61 Å². The number of ether oxygens (including phenoxy) is 1. The third-order valence-electron chi connectivity index (χ3n) is 2.59. The van der Waals surface area contributed by atoms with Crippen molar-refractivity contribution < 1.29 is 27.9 Å². The number of hydrogen-bond donors (Lipinski definition) is 3. The van der Waals surface area contributed by atoms with Gasteiger partial charge < -0.3 is 20.1 Å². The molecular weight excluding hydrogens is 302 g/mol. The van der Waals surface area contributed by atoms with E-state index in [1.54, 1.807) is 0 Å². The maximum Gasteiger partial charge on any atom is 0.352 e. The number of methoxy groups -OCH3 is 1. The smallest absolute Gasteiger partial charge is 0.352 e. The lowest BCUT2D eigenvalue weighted by molar-refractivity contribution is -0.121. The molecule has 118 valence electrons. The van der Waals surface area contributed by atoms with Crippen molar-refractivity contribution in [1.82, 2.24) is 14.6 Å². The molecule has 0 aliphatic heterocycles. The number of hydrogen-bond acceptors (Lipinski definition) is 5. The van der Waals surface area contributed by atoms with E-state index in [9.17, 15) is 18.0 Å². The predicted octanol–water partition coefficient (Wildman–Crippen LogP) is -0.904. The quantitative estimate of drug-likeness (QED) is 0.532. The molecule has 3 N–H and O–H groups in total. The van der Waals surface area contributed by atoms with E-state index in [2.05, 4.69) is 10.3 Å². The summed E-state index contributed by atoms with van der Waals surface area (Å²) in [6, 6.07) is 0.997. The first kappa shape index (κ1) is 17.1. The van der Waals surface area contributed by atoms with Gasteiger partial charge in [0.25, 0.3) is 0 Å². The number of amides is 1. The van der Waals surface area contributed by atoms with Gasteiger partial charge in [0.1, 0.15) is 10.6 Å². The van der Waals surface area contributed by atoms with Crippen molar-refractivity contribution in [3.05, 3.63) is 18.0 Å². The number of carboxylic acids is 1. The highest BCUT2D eigenvalue weighted by molar-refractivity contribution is 7.89. The van der Waals surface area contributed by atoms with Gasteiger partial charge in [0.05, 0.1) is 13.2 Å². The van der Waals surface area contributed by atoms with Gasteiger partial charge in [-0.05, 0) is 6.07 Å². The summed E-state index contributed by atoms with van der Waals surface area (Å²) >= 11 is 0. The maximum absolute atomic E-state index is 12.1. The number of nitrogens with one attached hydrogen (secondary N) is 2. The van der Waals surface area contributed by atoms with Crippen molar-refractivity contribution in [1.29, 1.82) is 0 Å². The molecule has 0 fully saturated rings. The van der Waals surface area contributed by atoms with Crippen LogP contribution in [0.2, 0.25) is 0 Å². The zero-order valence-electron chi connectivity index (χ0n) is 11.6. The number of nitrogens with zero attached hydrogens (tertiary/aromatic N) is 1. The standard InChI is InChI=1S/C11H17N3O6S/c1-14(7-10(15)12-3-4-20-2)21(18,19)8-5-9(11(16)17)13-6-8/h5-6,13H,3-4,7H2,1-2H3,(H,12,15)(H,16,17). The molecule has 0 saturated carbocycles.